The van der Waals surface area contributed by atoms with Crippen molar-refractivity contribution in [1.29, 1.82) is 0 Å². The Morgan fingerprint density at radius 1 is 1.77 bits per heavy atom. The van der Waals surface area contributed by atoms with E-state index in [0.29, 0.717) is 5.82 Å². The summed E-state index contributed by atoms with van der Waals surface area (Å²) in [4.78, 5) is 17.2. The van der Waals surface area contributed by atoms with Gasteiger partial charge in [0, 0.05) is 19.3 Å². The average molecular weight is 181 g/mol. The van der Waals surface area contributed by atoms with Crippen LogP contribution < -0.4 is 16.3 Å². The first-order valence-electron chi connectivity index (χ1n) is 3.72. The summed E-state index contributed by atoms with van der Waals surface area (Å²) in [5.41, 5.74) is 5.06. The first-order valence-corrected chi connectivity index (χ1v) is 3.72. The van der Waals surface area contributed by atoms with Gasteiger partial charge >= 0.3 is 0 Å². The maximum Gasteiger partial charge on any atom is 0.254 e. The van der Waals surface area contributed by atoms with Gasteiger partial charge in [0.2, 0.25) is 5.95 Å². The number of nitrogen functional groups attached to an aromatic ring is 1. The van der Waals surface area contributed by atoms with Crippen LogP contribution >= 0.6 is 0 Å². The van der Waals surface area contributed by atoms with Gasteiger partial charge in [-0.1, -0.05) is 0 Å². The molecule has 0 radical (unpaired) electrons. The zero-order valence-electron chi connectivity index (χ0n) is 7.48. The summed E-state index contributed by atoms with van der Waals surface area (Å²) in [6, 6.07) is 1.32. The van der Waals surface area contributed by atoms with Crippen molar-refractivity contribution < 1.29 is 0 Å². The lowest BCUT2D eigenvalue weighted by molar-refractivity contribution is 0.963. The molecule has 70 valence electrons. The molecule has 6 heteroatoms. The molecular formula is C7H11N5O. The van der Waals surface area contributed by atoms with Crippen LogP contribution in [0.25, 0.3) is 0 Å². The first kappa shape index (κ1) is 9.24. The monoisotopic (exact) mass is 181 g/mol. The minimum atomic E-state index is -0.291. The van der Waals surface area contributed by atoms with Gasteiger partial charge in [-0.15, -0.1) is 0 Å². The number of aromatic nitrogens is 2. The van der Waals surface area contributed by atoms with Crippen LogP contribution in [-0.4, -0.2) is 23.2 Å². The van der Waals surface area contributed by atoms with E-state index in [1.54, 1.807) is 20.2 Å². The zero-order valence-corrected chi connectivity index (χ0v) is 7.48. The van der Waals surface area contributed by atoms with Gasteiger partial charge in [-0.05, 0) is 6.92 Å². The van der Waals surface area contributed by atoms with Gasteiger partial charge in [-0.3, -0.25) is 14.8 Å². The molecule has 0 aliphatic carbocycles. The number of nitrogens with one attached hydrogen (secondary N) is 1. The molecular weight excluding hydrogens is 170 g/mol. The Hall–Kier alpha value is -1.85. The molecule has 0 bridgehead atoms. The Morgan fingerprint density at radius 2 is 2.46 bits per heavy atom. The Kier molecular flexibility index (Phi) is 2.63. The van der Waals surface area contributed by atoms with Gasteiger partial charge in [-0.25, -0.2) is 0 Å². The van der Waals surface area contributed by atoms with E-state index < -0.39 is 0 Å². The molecule has 1 aromatic rings. The average Bonchev–Trinajstić information content (AvgIpc) is 2.03. The molecule has 0 aromatic carbocycles. The van der Waals surface area contributed by atoms with Crippen LogP contribution in [0.1, 0.15) is 6.92 Å². The lowest BCUT2D eigenvalue weighted by Crippen LogP contribution is -2.17. The number of hydrazone groups is 1. The third-order valence-electron chi connectivity index (χ3n) is 1.37. The van der Waals surface area contributed by atoms with Crippen LogP contribution in [0.5, 0.6) is 0 Å². The van der Waals surface area contributed by atoms with Crippen molar-refractivity contribution in [2.45, 2.75) is 6.92 Å². The molecule has 0 spiro atoms. The molecule has 6 nitrogen and oxygen atoms in total. The molecule has 1 rings (SSSR count). The van der Waals surface area contributed by atoms with E-state index in [-0.39, 0.29) is 11.5 Å². The van der Waals surface area contributed by atoms with Crippen molar-refractivity contribution >= 4 is 18.0 Å². The van der Waals surface area contributed by atoms with E-state index in [1.807, 2.05) is 0 Å². The Bertz CT molecular complexity index is 369. The molecule has 0 atom stereocenters. The third kappa shape index (κ3) is 2.29. The summed E-state index contributed by atoms with van der Waals surface area (Å²) in [5, 5.41) is 5.38. The van der Waals surface area contributed by atoms with Crippen LogP contribution in [0.15, 0.2) is 16.0 Å². The van der Waals surface area contributed by atoms with Gasteiger partial charge in [0.25, 0.3) is 5.56 Å². The molecule has 0 aliphatic heterocycles. The number of hydrogen-bond donors (Lipinski definition) is 2. The van der Waals surface area contributed by atoms with Crippen molar-refractivity contribution in [2.75, 3.05) is 17.8 Å². The lowest BCUT2D eigenvalue weighted by Gasteiger charge is -2.10. The Morgan fingerprint density at radius 3 is 3.00 bits per heavy atom. The summed E-state index contributed by atoms with van der Waals surface area (Å²) in [6.07, 6.45) is 1.60. The standard InChI is InChI=1S/C7H11N5O/c1-3-9-12(2)5-4-6(13)11-7(8)10-5/h3-4H,1-2H3,(H3,8,10,11,13). The van der Waals surface area contributed by atoms with E-state index in [4.69, 9.17) is 5.73 Å². The molecule has 0 unspecified atom stereocenters. The topological polar surface area (TPSA) is 87.4 Å². The fourth-order valence-electron chi connectivity index (χ4n) is 0.861. The predicted octanol–water partition coefficient (Wildman–Crippen LogP) is -0.206. The highest BCUT2D eigenvalue weighted by molar-refractivity contribution is 5.56. The molecule has 13 heavy (non-hydrogen) atoms. The second-order valence-electron chi connectivity index (χ2n) is 2.39. The fourth-order valence-corrected chi connectivity index (χ4v) is 0.861. The molecule has 0 saturated heterocycles. The molecule has 0 saturated carbocycles. The number of nitrogens with zero attached hydrogens (tertiary/aromatic N) is 3. The van der Waals surface area contributed by atoms with Crippen molar-refractivity contribution in [3.63, 3.8) is 0 Å². The molecule has 0 amide bonds. The van der Waals surface area contributed by atoms with Gasteiger partial charge < -0.3 is 5.73 Å². The number of nitrogens with two attached hydrogens (primary N) is 1. The molecule has 1 aromatic heterocycles. The number of aromatic amines is 1. The van der Waals surface area contributed by atoms with Crippen LogP contribution in [0.3, 0.4) is 0 Å². The van der Waals surface area contributed by atoms with Crippen molar-refractivity contribution in [1.82, 2.24) is 9.97 Å². The third-order valence-corrected chi connectivity index (χ3v) is 1.37. The maximum absolute atomic E-state index is 11.0. The predicted molar refractivity (Wildman–Crippen MR) is 51.8 cm³/mol. The van der Waals surface area contributed by atoms with E-state index in [0.717, 1.165) is 0 Å². The van der Waals surface area contributed by atoms with E-state index in [9.17, 15) is 4.79 Å². The highest BCUT2D eigenvalue weighted by Gasteiger charge is 2.01. The van der Waals surface area contributed by atoms with Crippen LogP contribution in [0.4, 0.5) is 11.8 Å². The molecule has 0 fully saturated rings. The van der Waals surface area contributed by atoms with Gasteiger partial charge in [-0.2, -0.15) is 10.1 Å². The Balaban J connectivity index is 3.07. The summed E-state index contributed by atoms with van der Waals surface area (Å²) in [5.74, 6) is 0.500. The second kappa shape index (κ2) is 3.70. The largest absolute Gasteiger partial charge is 0.369 e. The number of H-pyrrole nitrogens is 1. The first-order chi connectivity index (χ1) is 6.13. The van der Waals surface area contributed by atoms with E-state index in [2.05, 4.69) is 15.1 Å². The Labute approximate surface area is 75.1 Å². The maximum atomic E-state index is 11.0. The number of hydrogen-bond acceptors (Lipinski definition) is 5. The SMILES string of the molecule is CC=NN(C)c1cc(=O)[nH]c(N)n1. The van der Waals surface area contributed by atoms with Gasteiger partial charge in [0.1, 0.15) is 0 Å². The van der Waals surface area contributed by atoms with Crippen molar-refractivity contribution in [3.05, 3.63) is 16.4 Å². The number of rotatable bonds is 2. The second-order valence-corrected chi connectivity index (χ2v) is 2.39. The lowest BCUT2D eigenvalue weighted by atomic mass is 10.5. The quantitative estimate of drug-likeness (QED) is 0.488. The van der Waals surface area contributed by atoms with Gasteiger partial charge in [0.05, 0.1) is 0 Å². The van der Waals surface area contributed by atoms with E-state index in [1.165, 1.54) is 11.1 Å². The normalized spacial score (nSPS) is 10.6. The molecule has 1 heterocycles. The van der Waals surface area contributed by atoms with Crippen LogP contribution in [0, 0.1) is 0 Å². The van der Waals surface area contributed by atoms with Crippen LogP contribution in [0.2, 0.25) is 0 Å². The summed E-state index contributed by atoms with van der Waals surface area (Å²) < 4.78 is 0. The highest BCUT2D eigenvalue weighted by atomic mass is 16.1. The minimum absolute atomic E-state index is 0.0839. The van der Waals surface area contributed by atoms with E-state index >= 15 is 0 Å². The van der Waals surface area contributed by atoms with Crippen molar-refractivity contribution in [3.8, 4) is 0 Å². The van der Waals surface area contributed by atoms with Crippen molar-refractivity contribution in [2.24, 2.45) is 5.10 Å². The highest BCUT2D eigenvalue weighted by Crippen LogP contribution is 2.05. The van der Waals surface area contributed by atoms with Crippen LogP contribution in [-0.2, 0) is 0 Å². The summed E-state index contributed by atoms with van der Waals surface area (Å²) >= 11 is 0. The zero-order chi connectivity index (χ0) is 9.84. The fraction of sp³-hybridized carbons (Fsp3) is 0.286. The number of anilines is 2. The minimum Gasteiger partial charge on any atom is -0.369 e. The molecule has 3 N–H and O–H groups in total. The van der Waals surface area contributed by atoms with Gasteiger partial charge in [0.15, 0.2) is 5.82 Å². The summed E-state index contributed by atoms with van der Waals surface area (Å²) in [7, 11) is 1.68. The molecule has 0 aliphatic rings. The summed E-state index contributed by atoms with van der Waals surface area (Å²) in [6.45, 7) is 1.77. The smallest absolute Gasteiger partial charge is 0.254 e.